The van der Waals surface area contributed by atoms with Crippen molar-refractivity contribution in [3.63, 3.8) is 0 Å². The molecule has 1 saturated heterocycles. The summed E-state index contributed by atoms with van der Waals surface area (Å²) in [7, 11) is 4.04. The maximum atomic E-state index is 12.1. The number of carbonyl (C=O) groups excluding carboxylic acids is 2. The third-order valence-corrected chi connectivity index (χ3v) is 4.69. The number of anilines is 1. The Morgan fingerprint density at radius 3 is 2.31 bits per heavy atom. The van der Waals surface area contributed by atoms with Crippen LogP contribution in [0.1, 0.15) is 38.3 Å². The number of nitrogens with zero attached hydrogens (tertiary/aromatic N) is 2. The second-order valence-electron chi connectivity index (χ2n) is 7.31. The zero-order chi connectivity index (χ0) is 19.1. The van der Waals surface area contributed by atoms with Crippen molar-refractivity contribution in [2.24, 2.45) is 5.92 Å². The number of ether oxygens (including phenoxy) is 1. The van der Waals surface area contributed by atoms with Gasteiger partial charge in [-0.15, -0.1) is 0 Å². The molecule has 6 nitrogen and oxygen atoms in total. The van der Waals surface area contributed by atoms with E-state index in [0.29, 0.717) is 6.54 Å². The van der Waals surface area contributed by atoms with Crippen molar-refractivity contribution in [1.29, 1.82) is 0 Å². The lowest BCUT2D eigenvalue weighted by Crippen LogP contribution is -2.38. The zero-order valence-electron chi connectivity index (χ0n) is 16.3. The molecule has 1 amide bonds. The Labute approximate surface area is 156 Å². The highest BCUT2D eigenvalue weighted by Crippen LogP contribution is 2.26. The average Bonchev–Trinajstić information content (AvgIpc) is 3.14. The fourth-order valence-electron chi connectivity index (χ4n) is 3.07. The lowest BCUT2D eigenvalue weighted by molar-refractivity contribution is -0.151. The molecule has 1 aromatic rings. The van der Waals surface area contributed by atoms with Crippen molar-refractivity contribution in [3.05, 3.63) is 29.8 Å². The molecule has 144 valence electrons. The van der Waals surface area contributed by atoms with Crippen LogP contribution >= 0.6 is 0 Å². The molecule has 26 heavy (non-hydrogen) atoms. The molecule has 0 radical (unpaired) electrons. The van der Waals surface area contributed by atoms with Gasteiger partial charge in [0.2, 0.25) is 0 Å². The van der Waals surface area contributed by atoms with E-state index in [-0.39, 0.29) is 30.4 Å². The number of rotatable bonds is 8. The molecule has 1 heterocycles. The van der Waals surface area contributed by atoms with E-state index in [4.69, 9.17) is 4.74 Å². The van der Waals surface area contributed by atoms with Crippen LogP contribution in [0.5, 0.6) is 0 Å². The Bertz CT molecular complexity index is 593. The lowest BCUT2D eigenvalue weighted by Gasteiger charge is -2.28. The number of likely N-dealkylation sites (tertiary alicyclic amines) is 1. The van der Waals surface area contributed by atoms with Gasteiger partial charge >= 0.3 is 5.97 Å². The van der Waals surface area contributed by atoms with E-state index in [1.54, 1.807) is 13.8 Å². The minimum Gasteiger partial charge on any atom is -0.455 e. The molecule has 2 rings (SSSR count). The molecule has 0 aliphatic carbocycles. The van der Waals surface area contributed by atoms with Crippen LogP contribution in [-0.4, -0.2) is 57.1 Å². The smallest absolute Gasteiger partial charge is 0.308 e. The Kier molecular flexibility index (Phi) is 7.45. The third-order valence-electron chi connectivity index (χ3n) is 4.69. The Hall–Kier alpha value is -2.08. The second-order valence-corrected chi connectivity index (χ2v) is 7.31. The number of carbonyl (C=O) groups is 2. The van der Waals surface area contributed by atoms with Crippen molar-refractivity contribution in [3.8, 4) is 0 Å². The predicted octanol–water partition coefficient (Wildman–Crippen LogP) is 2.20. The van der Waals surface area contributed by atoms with E-state index in [0.717, 1.165) is 18.8 Å². The molecule has 1 aromatic carbocycles. The first-order valence-electron chi connectivity index (χ1n) is 9.33. The molecule has 0 unspecified atom stereocenters. The van der Waals surface area contributed by atoms with Crippen molar-refractivity contribution in [1.82, 2.24) is 10.2 Å². The van der Waals surface area contributed by atoms with Gasteiger partial charge in [-0.25, -0.2) is 0 Å². The summed E-state index contributed by atoms with van der Waals surface area (Å²) in [5, 5.41) is 2.92. The van der Waals surface area contributed by atoms with Crippen LogP contribution in [0.15, 0.2) is 24.3 Å². The molecule has 1 N–H and O–H groups in total. The molecule has 1 fully saturated rings. The fraction of sp³-hybridized carbons (Fsp3) is 0.600. The van der Waals surface area contributed by atoms with Crippen LogP contribution in [0.4, 0.5) is 5.69 Å². The highest BCUT2D eigenvalue weighted by molar-refractivity contribution is 5.81. The number of benzene rings is 1. The van der Waals surface area contributed by atoms with E-state index in [9.17, 15) is 9.59 Å². The van der Waals surface area contributed by atoms with Crippen molar-refractivity contribution in [2.45, 2.75) is 32.7 Å². The Balaban J connectivity index is 1.97. The van der Waals surface area contributed by atoms with Gasteiger partial charge in [0.05, 0.1) is 12.0 Å². The standard InChI is InChI=1S/C20H31N3O3/c1-15(2)20(25)26-14-19(24)21-13-18(23-11-5-6-12-23)16-7-9-17(10-8-16)22(3)4/h7-10,15,18H,5-6,11-14H2,1-4H3,(H,21,24)/t18-/m1/s1. The number of nitrogens with one attached hydrogen (secondary N) is 1. The molecule has 0 saturated carbocycles. The number of hydrogen-bond acceptors (Lipinski definition) is 5. The van der Waals surface area contributed by atoms with Gasteiger partial charge in [-0.2, -0.15) is 0 Å². The third kappa shape index (κ3) is 5.73. The van der Waals surface area contributed by atoms with Crippen molar-refractivity contribution < 1.29 is 14.3 Å². The number of esters is 1. The quantitative estimate of drug-likeness (QED) is 0.720. The van der Waals surface area contributed by atoms with Crippen LogP contribution in [0.2, 0.25) is 0 Å². The number of amides is 1. The maximum Gasteiger partial charge on any atom is 0.308 e. The van der Waals surface area contributed by atoms with Gasteiger partial charge < -0.3 is 15.0 Å². The first kappa shape index (κ1) is 20.2. The van der Waals surface area contributed by atoms with Gasteiger partial charge in [0.25, 0.3) is 5.91 Å². The summed E-state index contributed by atoms with van der Waals surface area (Å²) < 4.78 is 5.00. The van der Waals surface area contributed by atoms with Crippen molar-refractivity contribution >= 4 is 17.6 Å². The summed E-state index contributed by atoms with van der Waals surface area (Å²) in [6.07, 6.45) is 2.37. The van der Waals surface area contributed by atoms with Crippen LogP contribution < -0.4 is 10.2 Å². The van der Waals surface area contributed by atoms with Gasteiger partial charge in [-0.05, 0) is 43.6 Å². The molecule has 0 bridgehead atoms. The second kappa shape index (κ2) is 9.57. The molecular weight excluding hydrogens is 330 g/mol. The van der Waals surface area contributed by atoms with Gasteiger partial charge in [-0.3, -0.25) is 14.5 Å². The normalized spacial score (nSPS) is 15.7. The highest BCUT2D eigenvalue weighted by Gasteiger charge is 2.24. The summed E-state index contributed by atoms with van der Waals surface area (Å²) in [6.45, 7) is 5.88. The van der Waals surface area contributed by atoms with Gasteiger partial charge in [-0.1, -0.05) is 26.0 Å². The summed E-state index contributed by atoms with van der Waals surface area (Å²) in [5.74, 6) is -0.834. The summed E-state index contributed by atoms with van der Waals surface area (Å²) in [6, 6.07) is 8.60. The topological polar surface area (TPSA) is 61.9 Å². The maximum absolute atomic E-state index is 12.1. The van der Waals surface area contributed by atoms with E-state index in [1.165, 1.54) is 18.4 Å². The highest BCUT2D eigenvalue weighted by atomic mass is 16.5. The van der Waals surface area contributed by atoms with Crippen molar-refractivity contribution in [2.75, 3.05) is 45.2 Å². The number of hydrogen-bond donors (Lipinski definition) is 1. The molecular formula is C20H31N3O3. The van der Waals surface area contributed by atoms with Gasteiger partial charge in [0.15, 0.2) is 6.61 Å². The lowest BCUT2D eigenvalue weighted by atomic mass is 10.0. The monoisotopic (exact) mass is 361 g/mol. The fourth-order valence-corrected chi connectivity index (χ4v) is 3.07. The van der Waals surface area contributed by atoms with E-state index in [2.05, 4.69) is 39.4 Å². The van der Waals surface area contributed by atoms with Gasteiger partial charge in [0, 0.05) is 26.3 Å². The molecule has 0 spiro atoms. The van der Waals surface area contributed by atoms with Gasteiger partial charge in [0.1, 0.15) is 0 Å². The molecule has 0 aromatic heterocycles. The first-order chi connectivity index (χ1) is 12.4. The Morgan fingerprint density at radius 1 is 1.15 bits per heavy atom. The molecule has 1 atom stereocenters. The summed E-state index contributed by atoms with van der Waals surface area (Å²) in [4.78, 5) is 28.0. The Morgan fingerprint density at radius 2 is 1.77 bits per heavy atom. The SMILES string of the molecule is CC(C)C(=O)OCC(=O)NC[C@H](c1ccc(N(C)C)cc1)N1CCCC1. The summed E-state index contributed by atoms with van der Waals surface area (Å²) >= 11 is 0. The van der Waals surface area contributed by atoms with E-state index in [1.807, 2.05) is 14.1 Å². The largest absolute Gasteiger partial charge is 0.455 e. The minimum atomic E-state index is -0.351. The molecule has 6 heteroatoms. The molecule has 1 aliphatic heterocycles. The zero-order valence-corrected chi connectivity index (χ0v) is 16.3. The van der Waals surface area contributed by atoms with Crippen LogP contribution in [0, 0.1) is 5.92 Å². The summed E-state index contributed by atoms with van der Waals surface area (Å²) in [5.41, 5.74) is 2.34. The van der Waals surface area contributed by atoms with E-state index < -0.39 is 0 Å². The predicted molar refractivity (Wildman–Crippen MR) is 103 cm³/mol. The average molecular weight is 361 g/mol. The van der Waals surface area contributed by atoms with Crippen LogP contribution in [0.25, 0.3) is 0 Å². The molecule has 1 aliphatic rings. The van der Waals surface area contributed by atoms with Crippen LogP contribution in [-0.2, 0) is 14.3 Å². The van der Waals surface area contributed by atoms with E-state index >= 15 is 0 Å². The minimum absolute atomic E-state index is 0.137. The van der Waals surface area contributed by atoms with Crippen LogP contribution in [0.3, 0.4) is 0 Å². The first-order valence-corrected chi connectivity index (χ1v) is 9.33.